The van der Waals surface area contributed by atoms with Gasteiger partial charge in [0.25, 0.3) is 10.0 Å². The molecule has 0 aliphatic heterocycles. The van der Waals surface area contributed by atoms with E-state index in [-0.39, 0.29) is 20.8 Å². The van der Waals surface area contributed by atoms with Gasteiger partial charge in [-0.3, -0.25) is 4.72 Å². The van der Waals surface area contributed by atoms with Gasteiger partial charge < -0.3 is 0 Å². The Morgan fingerprint density at radius 1 is 1.21 bits per heavy atom. The van der Waals surface area contributed by atoms with Crippen molar-refractivity contribution in [2.45, 2.75) is 11.8 Å². The van der Waals surface area contributed by atoms with Crippen LogP contribution in [0.15, 0.2) is 41.4 Å². The molecule has 0 atom stereocenters. The van der Waals surface area contributed by atoms with Crippen LogP contribution in [-0.2, 0) is 10.0 Å². The molecule has 2 aromatic rings. The molecule has 0 amide bonds. The Bertz CT molecular complexity index is 717. The van der Waals surface area contributed by atoms with Crippen LogP contribution in [0.2, 0.25) is 10.2 Å². The van der Waals surface area contributed by atoms with Gasteiger partial charge in [-0.15, -0.1) is 0 Å². The maximum Gasteiger partial charge on any atom is 0.263 e. The molecule has 0 fully saturated rings. The van der Waals surface area contributed by atoms with Crippen LogP contribution in [0.1, 0.15) is 5.56 Å². The van der Waals surface area contributed by atoms with Crippen molar-refractivity contribution >= 4 is 38.9 Å². The smallest absolute Gasteiger partial charge is 0.263 e. The number of halogens is 2. The van der Waals surface area contributed by atoms with Crippen LogP contribution in [0, 0.1) is 6.92 Å². The first-order chi connectivity index (χ1) is 8.90. The molecule has 0 unspecified atom stereocenters. The van der Waals surface area contributed by atoms with Gasteiger partial charge in [0.05, 0.1) is 10.7 Å². The fourth-order valence-corrected chi connectivity index (χ4v) is 3.27. The molecule has 100 valence electrons. The summed E-state index contributed by atoms with van der Waals surface area (Å²) < 4.78 is 26.8. The second-order valence-corrected chi connectivity index (χ2v) is 6.30. The Kier molecular flexibility index (Phi) is 3.99. The Morgan fingerprint density at radius 2 is 1.89 bits per heavy atom. The van der Waals surface area contributed by atoms with E-state index in [1.165, 1.54) is 12.1 Å². The van der Waals surface area contributed by atoms with Crippen molar-refractivity contribution in [1.29, 1.82) is 0 Å². The van der Waals surface area contributed by atoms with E-state index < -0.39 is 10.0 Å². The largest absolute Gasteiger partial charge is 0.276 e. The average molecular weight is 317 g/mol. The van der Waals surface area contributed by atoms with Crippen molar-refractivity contribution in [3.05, 3.63) is 52.3 Å². The first kappa shape index (κ1) is 14.1. The zero-order valence-corrected chi connectivity index (χ0v) is 12.2. The minimum Gasteiger partial charge on any atom is -0.276 e. The highest BCUT2D eigenvalue weighted by atomic mass is 35.5. The first-order valence-corrected chi connectivity index (χ1v) is 7.53. The van der Waals surface area contributed by atoms with E-state index in [1.807, 2.05) is 0 Å². The van der Waals surface area contributed by atoms with Crippen LogP contribution < -0.4 is 4.72 Å². The Morgan fingerprint density at radius 3 is 2.58 bits per heavy atom. The number of sulfonamides is 1. The van der Waals surface area contributed by atoms with E-state index >= 15 is 0 Å². The number of hydrogen-bond acceptors (Lipinski definition) is 3. The van der Waals surface area contributed by atoms with Crippen molar-refractivity contribution in [3.8, 4) is 0 Å². The van der Waals surface area contributed by atoms with Gasteiger partial charge in [-0.05, 0) is 30.7 Å². The Labute approximate surface area is 121 Å². The zero-order chi connectivity index (χ0) is 14.0. The number of nitrogens with zero attached hydrogens (tertiary/aromatic N) is 1. The Hall–Kier alpha value is -1.30. The van der Waals surface area contributed by atoms with Crippen molar-refractivity contribution in [3.63, 3.8) is 0 Å². The molecule has 0 spiro atoms. The molecule has 2 rings (SSSR count). The van der Waals surface area contributed by atoms with Gasteiger partial charge in [-0.25, -0.2) is 13.4 Å². The van der Waals surface area contributed by atoms with Crippen LogP contribution in [0.3, 0.4) is 0 Å². The zero-order valence-electron chi connectivity index (χ0n) is 9.89. The number of nitrogens with one attached hydrogen (secondary N) is 1. The molecule has 0 aliphatic rings. The molecule has 19 heavy (non-hydrogen) atoms. The summed E-state index contributed by atoms with van der Waals surface area (Å²) >= 11 is 11.7. The van der Waals surface area contributed by atoms with E-state index in [9.17, 15) is 8.42 Å². The minimum atomic E-state index is -3.79. The molecular weight excluding hydrogens is 307 g/mol. The topological polar surface area (TPSA) is 59.1 Å². The SMILES string of the molecule is Cc1cnc(Cl)c(NS(=O)(=O)c2ccccc2Cl)c1. The van der Waals surface area contributed by atoms with Crippen LogP contribution in [0.25, 0.3) is 0 Å². The molecule has 1 aromatic carbocycles. The standard InChI is InChI=1S/C12H10Cl2N2O2S/c1-8-6-10(12(14)15-7-8)16-19(17,18)11-5-3-2-4-9(11)13/h2-7,16H,1H3. The van der Waals surface area contributed by atoms with Crippen LogP contribution in [-0.4, -0.2) is 13.4 Å². The molecule has 0 saturated carbocycles. The van der Waals surface area contributed by atoms with Crippen molar-refractivity contribution < 1.29 is 8.42 Å². The molecule has 1 N–H and O–H groups in total. The second kappa shape index (κ2) is 5.36. The molecule has 0 bridgehead atoms. The summed E-state index contributed by atoms with van der Waals surface area (Å²) in [6.45, 7) is 1.79. The summed E-state index contributed by atoms with van der Waals surface area (Å²) in [6, 6.07) is 7.77. The molecule has 4 nitrogen and oxygen atoms in total. The number of anilines is 1. The van der Waals surface area contributed by atoms with E-state index in [1.54, 1.807) is 31.3 Å². The number of pyridine rings is 1. The molecule has 0 radical (unpaired) electrons. The van der Waals surface area contributed by atoms with E-state index in [0.717, 1.165) is 5.56 Å². The summed E-state index contributed by atoms with van der Waals surface area (Å²) in [5.41, 5.74) is 1.02. The van der Waals surface area contributed by atoms with Crippen LogP contribution in [0.4, 0.5) is 5.69 Å². The fourth-order valence-electron chi connectivity index (χ4n) is 1.49. The van der Waals surface area contributed by atoms with Gasteiger partial charge in [-0.2, -0.15) is 0 Å². The predicted molar refractivity (Wildman–Crippen MR) is 76.2 cm³/mol. The molecular formula is C12H10Cl2N2O2S. The monoisotopic (exact) mass is 316 g/mol. The third-order valence-electron chi connectivity index (χ3n) is 2.35. The normalized spacial score (nSPS) is 11.3. The lowest BCUT2D eigenvalue weighted by atomic mass is 10.3. The van der Waals surface area contributed by atoms with E-state index in [4.69, 9.17) is 23.2 Å². The number of benzene rings is 1. The fraction of sp³-hybridized carbons (Fsp3) is 0.0833. The van der Waals surface area contributed by atoms with Gasteiger partial charge in [0.15, 0.2) is 5.15 Å². The molecule has 0 saturated heterocycles. The van der Waals surface area contributed by atoms with E-state index in [0.29, 0.717) is 0 Å². The van der Waals surface area contributed by atoms with Crippen molar-refractivity contribution in [1.82, 2.24) is 4.98 Å². The number of aromatic nitrogens is 1. The second-order valence-electron chi connectivity index (χ2n) is 3.89. The number of aryl methyl sites for hydroxylation is 1. The minimum absolute atomic E-state index is 0.00533. The maximum atomic E-state index is 12.2. The lowest BCUT2D eigenvalue weighted by Gasteiger charge is -2.10. The number of rotatable bonds is 3. The molecule has 0 aliphatic carbocycles. The summed E-state index contributed by atoms with van der Waals surface area (Å²) in [5.74, 6) is 0. The molecule has 1 aromatic heterocycles. The molecule has 7 heteroatoms. The van der Waals surface area contributed by atoms with E-state index in [2.05, 4.69) is 9.71 Å². The number of hydrogen-bond donors (Lipinski definition) is 1. The van der Waals surface area contributed by atoms with Crippen molar-refractivity contribution in [2.24, 2.45) is 0 Å². The van der Waals surface area contributed by atoms with Gasteiger partial charge in [0.2, 0.25) is 0 Å². The van der Waals surface area contributed by atoms with Gasteiger partial charge in [-0.1, -0.05) is 35.3 Å². The predicted octanol–water partition coefficient (Wildman–Crippen LogP) is 3.50. The first-order valence-electron chi connectivity index (χ1n) is 5.29. The summed E-state index contributed by atoms with van der Waals surface area (Å²) in [4.78, 5) is 3.88. The quantitative estimate of drug-likeness (QED) is 0.882. The third kappa shape index (κ3) is 3.18. The van der Waals surface area contributed by atoms with Gasteiger partial charge >= 0.3 is 0 Å². The van der Waals surface area contributed by atoms with Gasteiger partial charge in [0.1, 0.15) is 4.90 Å². The third-order valence-corrected chi connectivity index (χ3v) is 4.51. The highest BCUT2D eigenvalue weighted by Crippen LogP contribution is 2.26. The average Bonchev–Trinajstić information content (AvgIpc) is 2.34. The van der Waals surface area contributed by atoms with Crippen LogP contribution in [0.5, 0.6) is 0 Å². The maximum absolute atomic E-state index is 12.2. The Balaban J connectivity index is 2.43. The lowest BCUT2D eigenvalue weighted by Crippen LogP contribution is -2.14. The van der Waals surface area contributed by atoms with Crippen LogP contribution >= 0.6 is 23.2 Å². The van der Waals surface area contributed by atoms with Crippen molar-refractivity contribution in [2.75, 3.05) is 4.72 Å². The highest BCUT2D eigenvalue weighted by molar-refractivity contribution is 7.92. The van der Waals surface area contributed by atoms with Gasteiger partial charge in [0, 0.05) is 6.20 Å². The summed E-state index contributed by atoms with van der Waals surface area (Å²) in [5, 5.41) is 0.230. The summed E-state index contributed by atoms with van der Waals surface area (Å²) in [6.07, 6.45) is 1.55. The highest BCUT2D eigenvalue weighted by Gasteiger charge is 2.19. The molecule has 1 heterocycles. The summed E-state index contributed by atoms with van der Waals surface area (Å²) in [7, 11) is -3.79. The lowest BCUT2D eigenvalue weighted by molar-refractivity contribution is 0.601.